The van der Waals surface area contributed by atoms with Gasteiger partial charge in [-0.2, -0.15) is 0 Å². The number of hydrogen-bond acceptors (Lipinski definition) is 1. The van der Waals surface area contributed by atoms with Crippen LogP contribution in [0.5, 0.6) is 0 Å². The number of rotatable bonds is 4. The molecule has 0 spiro atoms. The predicted octanol–water partition coefficient (Wildman–Crippen LogP) is 2.62. The van der Waals surface area contributed by atoms with Crippen molar-refractivity contribution in [1.29, 1.82) is 0 Å². The fraction of sp³-hybridized carbons (Fsp3) is 0.500. The molecule has 0 heterocycles. The third-order valence-corrected chi connectivity index (χ3v) is 1.68. The van der Waals surface area contributed by atoms with Crippen LogP contribution in [0.3, 0.4) is 0 Å². The molecule has 0 saturated heterocycles. The predicted molar refractivity (Wildman–Crippen MR) is 50.0 cm³/mol. The van der Waals surface area contributed by atoms with E-state index in [0.29, 0.717) is 5.92 Å². The van der Waals surface area contributed by atoms with Crippen molar-refractivity contribution in [2.75, 3.05) is 0 Å². The van der Waals surface area contributed by atoms with Crippen molar-refractivity contribution >= 4 is 5.97 Å². The summed E-state index contributed by atoms with van der Waals surface area (Å²) in [5.74, 6) is -0.379. The molecule has 0 saturated carbocycles. The maximum absolute atomic E-state index is 10.1. The molecule has 0 aromatic carbocycles. The van der Waals surface area contributed by atoms with Gasteiger partial charge in [0.15, 0.2) is 0 Å². The maximum atomic E-state index is 10.1. The van der Waals surface area contributed by atoms with E-state index in [1.54, 1.807) is 6.08 Å². The van der Waals surface area contributed by atoms with Crippen LogP contribution in [0.1, 0.15) is 27.2 Å². The molecule has 1 unspecified atom stereocenters. The molecule has 2 nitrogen and oxygen atoms in total. The van der Waals surface area contributed by atoms with Gasteiger partial charge in [-0.1, -0.05) is 38.0 Å². The van der Waals surface area contributed by atoms with Crippen molar-refractivity contribution in [3.8, 4) is 0 Å². The number of hydrogen-bond donors (Lipinski definition) is 1. The van der Waals surface area contributed by atoms with Gasteiger partial charge in [-0.05, 0) is 12.8 Å². The van der Waals surface area contributed by atoms with E-state index in [-0.39, 0.29) is 0 Å². The minimum atomic E-state index is -0.896. The van der Waals surface area contributed by atoms with E-state index in [9.17, 15) is 4.79 Å². The lowest BCUT2D eigenvalue weighted by atomic mass is 10.1. The summed E-state index contributed by atoms with van der Waals surface area (Å²) >= 11 is 0. The second-order valence-corrected chi connectivity index (χ2v) is 2.97. The first-order valence-electron chi connectivity index (χ1n) is 4.15. The number of carboxylic acids is 1. The van der Waals surface area contributed by atoms with E-state index < -0.39 is 5.97 Å². The highest BCUT2D eigenvalue weighted by Crippen LogP contribution is 2.07. The van der Waals surface area contributed by atoms with Gasteiger partial charge in [0.1, 0.15) is 0 Å². The molecule has 0 aliphatic carbocycles. The first-order valence-corrected chi connectivity index (χ1v) is 4.15. The molecular formula is C10H16O2. The second-order valence-electron chi connectivity index (χ2n) is 2.97. The van der Waals surface area contributed by atoms with Crippen LogP contribution < -0.4 is 0 Å². The van der Waals surface area contributed by atoms with Gasteiger partial charge in [-0.3, -0.25) is 0 Å². The summed E-state index contributed by atoms with van der Waals surface area (Å²) < 4.78 is 0. The first kappa shape index (κ1) is 11.0. The van der Waals surface area contributed by atoms with E-state index in [4.69, 9.17) is 5.11 Å². The van der Waals surface area contributed by atoms with Gasteiger partial charge < -0.3 is 5.11 Å². The zero-order chi connectivity index (χ0) is 9.56. The molecule has 0 aliphatic rings. The highest BCUT2D eigenvalue weighted by molar-refractivity contribution is 5.80. The standard InChI is InChI=1S/C10H16O2/c1-4-8(2)7-9(3)5-6-10(11)12/h5-8H,4H2,1-3H3,(H,11,12)/b6-5+,9-7+. The summed E-state index contributed by atoms with van der Waals surface area (Å²) in [6, 6.07) is 0. The lowest BCUT2D eigenvalue weighted by molar-refractivity contribution is -0.131. The van der Waals surface area contributed by atoms with E-state index >= 15 is 0 Å². The van der Waals surface area contributed by atoms with Crippen LogP contribution in [-0.4, -0.2) is 11.1 Å². The van der Waals surface area contributed by atoms with Crippen molar-refractivity contribution in [1.82, 2.24) is 0 Å². The Morgan fingerprint density at radius 2 is 2.08 bits per heavy atom. The SMILES string of the molecule is CCC(C)/C=C(C)/C=C/C(=O)O. The minimum absolute atomic E-state index is 0.517. The molecule has 0 aromatic heterocycles. The average molecular weight is 168 g/mol. The largest absolute Gasteiger partial charge is 0.478 e. The quantitative estimate of drug-likeness (QED) is 0.517. The van der Waals surface area contributed by atoms with Crippen LogP contribution in [-0.2, 0) is 4.79 Å². The molecule has 0 bridgehead atoms. The summed E-state index contributed by atoms with van der Waals surface area (Å²) in [5, 5.41) is 8.34. The summed E-state index contributed by atoms with van der Waals surface area (Å²) in [7, 11) is 0. The molecule has 0 fully saturated rings. The van der Waals surface area contributed by atoms with Crippen molar-refractivity contribution in [3.05, 3.63) is 23.8 Å². The van der Waals surface area contributed by atoms with E-state index in [1.165, 1.54) is 0 Å². The molecule has 1 N–H and O–H groups in total. The third kappa shape index (κ3) is 5.71. The number of carbonyl (C=O) groups is 1. The fourth-order valence-electron chi connectivity index (χ4n) is 0.825. The molecule has 0 amide bonds. The summed E-state index contributed by atoms with van der Waals surface area (Å²) in [5.41, 5.74) is 1.01. The Hall–Kier alpha value is -1.05. The van der Waals surface area contributed by atoms with E-state index in [0.717, 1.165) is 18.1 Å². The van der Waals surface area contributed by atoms with Crippen molar-refractivity contribution in [2.24, 2.45) is 5.92 Å². The van der Waals surface area contributed by atoms with Crippen molar-refractivity contribution < 1.29 is 9.90 Å². The van der Waals surface area contributed by atoms with E-state index in [2.05, 4.69) is 19.9 Å². The van der Waals surface area contributed by atoms with Crippen molar-refractivity contribution in [3.63, 3.8) is 0 Å². The Bertz CT molecular complexity index is 202. The minimum Gasteiger partial charge on any atom is -0.478 e. The normalized spacial score (nSPS) is 15.1. The number of allylic oxidation sites excluding steroid dienone is 3. The maximum Gasteiger partial charge on any atom is 0.328 e. The van der Waals surface area contributed by atoms with Crippen molar-refractivity contribution in [2.45, 2.75) is 27.2 Å². The Balaban J connectivity index is 4.10. The Kier molecular flexibility index (Phi) is 5.09. The van der Waals surface area contributed by atoms with Crippen LogP contribution in [0.25, 0.3) is 0 Å². The number of carboxylic acid groups (broad SMARTS) is 1. The molecule has 1 atom stereocenters. The lowest BCUT2D eigenvalue weighted by Gasteiger charge is -2.00. The molecular weight excluding hydrogens is 152 g/mol. The Morgan fingerprint density at radius 1 is 1.50 bits per heavy atom. The van der Waals surface area contributed by atoms with Gasteiger partial charge in [0.25, 0.3) is 0 Å². The number of aliphatic carboxylic acids is 1. The summed E-state index contributed by atoms with van der Waals surface area (Å²) in [6.45, 7) is 6.12. The zero-order valence-corrected chi connectivity index (χ0v) is 7.87. The molecule has 0 aromatic rings. The van der Waals surface area contributed by atoms with Gasteiger partial charge in [0.2, 0.25) is 0 Å². The van der Waals surface area contributed by atoms with Crippen LogP contribution >= 0.6 is 0 Å². The molecule has 0 rings (SSSR count). The topological polar surface area (TPSA) is 37.3 Å². The Morgan fingerprint density at radius 3 is 2.50 bits per heavy atom. The monoisotopic (exact) mass is 168 g/mol. The highest BCUT2D eigenvalue weighted by atomic mass is 16.4. The van der Waals surface area contributed by atoms with Gasteiger partial charge in [-0.15, -0.1) is 0 Å². The molecule has 12 heavy (non-hydrogen) atoms. The lowest BCUT2D eigenvalue weighted by Crippen LogP contribution is -1.89. The average Bonchev–Trinajstić information content (AvgIpc) is 2.00. The highest BCUT2D eigenvalue weighted by Gasteiger charge is 1.93. The Labute approximate surface area is 73.6 Å². The molecule has 0 aliphatic heterocycles. The van der Waals surface area contributed by atoms with Gasteiger partial charge in [-0.25, -0.2) is 4.79 Å². The molecule has 2 heteroatoms. The second kappa shape index (κ2) is 5.58. The zero-order valence-electron chi connectivity index (χ0n) is 7.87. The van der Waals surface area contributed by atoms with Gasteiger partial charge in [0, 0.05) is 6.08 Å². The first-order chi connectivity index (χ1) is 5.56. The van der Waals surface area contributed by atoms with E-state index in [1.807, 2.05) is 6.92 Å². The van der Waals surface area contributed by atoms with Crippen LogP contribution in [0.15, 0.2) is 23.8 Å². The molecule has 68 valence electrons. The fourth-order valence-corrected chi connectivity index (χ4v) is 0.825. The third-order valence-electron chi connectivity index (χ3n) is 1.68. The van der Waals surface area contributed by atoms with Gasteiger partial charge >= 0.3 is 5.97 Å². The van der Waals surface area contributed by atoms with Crippen LogP contribution in [0.2, 0.25) is 0 Å². The molecule has 0 radical (unpaired) electrons. The smallest absolute Gasteiger partial charge is 0.328 e. The van der Waals surface area contributed by atoms with Crippen LogP contribution in [0, 0.1) is 5.92 Å². The summed E-state index contributed by atoms with van der Waals surface area (Å²) in [4.78, 5) is 10.1. The van der Waals surface area contributed by atoms with Gasteiger partial charge in [0.05, 0.1) is 0 Å². The summed E-state index contributed by atoms with van der Waals surface area (Å²) in [6.07, 6.45) is 5.93. The van der Waals surface area contributed by atoms with Crippen LogP contribution in [0.4, 0.5) is 0 Å².